The van der Waals surface area contributed by atoms with Crippen molar-refractivity contribution in [2.75, 3.05) is 19.6 Å². The number of nitrogens with zero attached hydrogens (tertiary/aromatic N) is 2. The zero-order valence-corrected chi connectivity index (χ0v) is 16.5. The summed E-state index contributed by atoms with van der Waals surface area (Å²) in [5, 5.41) is 10.9. The fourth-order valence-electron chi connectivity index (χ4n) is 3.56. The van der Waals surface area contributed by atoms with Crippen LogP contribution in [0.4, 0.5) is 5.69 Å². The Morgan fingerprint density at radius 3 is 1.90 bits per heavy atom. The Kier molecular flexibility index (Phi) is 7.50. The minimum atomic E-state index is -0.364. The molecule has 0 heterocycles. The number of rotatable bonds is 10. The van der Waals surface area contributed by atoms with Gasteiger partial charge in [-0.2, -0.15) is 0 Å². The molecule has 0 unspecified atom stereocenters. The van der Waals surface area contributed by atoms with Crippen LogP contribution in [0, 0.1) is 10.1 Å². The van der Waals surface area contributed by atoms with Gasteiger partial charge in [0.25, 0.3) is 5.69 Å². The van der Waals surface area contributed by atoms with Crippen molar-refractivity contribution in [2.24, 2.45) is 5.73 Å². The predicted molar refractivity (Wildman–Crippen MR) is 117 cm³/mol. The van der Waals surface area contributed by atoms with Gasteiger partial charge in [0.1, 0.15) is 0 Å². The Hall–Kier alpha value is -3.02. The highest BCUT2D eigenvalue weighted by molar-refractivity contribution is 5.34. The van der Waals surface area contributed by atoms with Gasteiger partial charge in [-0.25, -0.2) is 0 Å². The number of nitro groups is 1. The SMILES string of the molecule is NCCCN(Cc1ccc([N+](=O)[O-])cc1)CC(c1ccccc1)c1ccccc1. The third kappa shape index (κ3) is 5.98. The van der Waals surface area contributed by atoms with Crippen molar-refractivity contribution < 1.29 is 4.92 Å². The molecule has 0 amide bonds. The summed E-state index contributed by atoms with van der Waals surface area (Å²) in [5.41, 5.74) is 9.51. The van der Waals surface area contributed by atoms with Crippen molar-refractivity contribution in [3.8, 4) is 0 Å². The van der Waals surface area contributed by atoms with Gasteiger partial charge < -0.3 is 5.73 Å². The summed E-state index contributed by atoms with van der Waals surface area (Å²) in [5.74, 6) is 0.244. The van der Waals surface area contributed by atoms with Gasteiger partial charge >= 0.3 is 0 Å². The highest BCUT2D eigenvalue weighted by atomic mass is 16.6. The molecule has 0 spiro atoms. The molecule has 0 aliphatic carbocycles. The van der Waals surface area contributed by atoms with Crippen LogP contribution in [0.3, 0.4) is 0 Å². The number of hydrogen-bond acceptors (Lipinski definition) is 4. The minimum absolute atomic E-state index is 0.119. The van der Waals surface area contributed by atoms with E-state index in [0.29, 0.717) is 6.54 Å². The Balaban J connectivity index is 1.83. The maximum Gasteiger partial charge on any atom is 0.269 e. The standard InChI is InChI=1S/C24H27N3O2/c25-16-7-17-26(18-20-12-14-23(15-13-20)27(28)29)19-24(21-8-3-1-4-9-21)22-10-5-2-6-11-22/h1-6,8-15,24H,7,16-19,25H2. The normalized spacial score (nSPS) is 11.1. The van der Waals surface area contributed by atoms with Crippen molar-refractivity contribution in [1.29, 1.82) is 0 Å². The van der Waals surface area contributed by atoms with Crippen molar-refractivity contribution in [1.82, 2.24) is 4.90 Å². The molecule has 0 aliphatic heterocycles. The molecule has 0 bridgehead atoms. The fourth-order valence-corrected chi connectivity index (χ4v) is 3.56. The first kappa shape index (κ1) is 20.7. The van der Waals surface area contributed by atoms with Crippen molar-refractivity contribution >= 4 is 5.69 Å². The van der Waals surface area contributed by atoms with Crippen molar-refractivity contribution in [3.63, 3.8) is 0 Å². The molecule has 150 valence electrons. The number of nitro benzene ring substituents is 1. The molecular weight excluding hydrogens is 362 g/mol. The van der Waals surface area contributed by atoms with E-state index in [1.807, 2.05) is 24.3 Å². The van der Waals surface area contributed by atoms with Crippen LogP contribution < -0.4 is 5.73 Å². The third-order valence-electron chi connectivity index (χ3n) is 5.08. The first-order valence-electron chi connectivity index (χ1n) is 9.93. The largest absolute Gasteiger partial charge is 0.330 e. The van der Waals surface area contributed by atoms with Crippen LogP contribution >= 0.6 is 0 Å². The van der Waals surface area contributed by atoms with E-state index < -0.39 is 0 Å². The van der Waals surface area contributed by atoms with Gasteiger partial charge in [0.15, 0.2) is 0 Å². The number of benzene rings is 3. The van der Waals surface area contributed by atoms with E-state index in [4.69, 9.17) is 5.73 Å². The van der Waals surface area contributed by atoms with E-state index in [2.05, 4.69) is 53.4 Å². The minimum Gasteiger partial charge on any atom is -0.330 e. The quantitative estimate of drug-likeness (QED) is 0.407. The Morgan fingerprint density at radius 1 is 0.862 bits per heavy atom. The van der Waals surface area contributed by atoms with Gasteiger partial charge in [-0.1, -0.05) is 72.8 Å². The van der Waals surface area contributed by atoms with Crippen LogP contribution in [-0.2, 0) is 6.54 Å². The van der Waals surface area contributed by atoms with Gasteiger partial charge in [0.2, 0.25) is 0 Å². The van der Waals surface area contributed by atoms with Gasteiger partial charge in [0.05, 0.1) is 4.92 Å². The third-order valence-corrected chi connectivity index (χ3v) is 5.08. The summed E-state index contributed by atoms with van der Waals surface area (Å²) >= 11 is 0. The van der Waals surface area contributed by atoms with Crippen LogP contribution in [0.2, 0.25) is 0 Å². The number of nitrogens with two attached hydrogens (primary N) is 1. The molecular formula is C24H27N3O2. The average Bonchev–Trinajstić information content (AvgIpc) is 2.77. The fraction of sp³-hybridized carbons (Fsp3) is 0.250. The Bertz CT molecular complexity index is 844. The summed E-state index contributed by atoms with van der Waals surface area (Å²) in [6.07, 6.45) is 0.906. The average molecular weight is 389 g/mol. The second-order valence-corrected chi connectivity index (χ2v) is 7.17. The molecule has 2 N–H and O–H groups in total. The maximum absolute atomic E-state index is 10.9. The molecule has 0 aliphatic rings. The van der Waals surface area contributed by atoms with Crippen LogP contribution in [0.1, 0.15) is 29.0 Å². The second kappa shape index (κ2) is 10.5. The molecule has 0 radical (unpaired) electrons. The Labute approximate surface area is 171 Å². The lowest BCUT2D eigenvalue weighted by Crippen LogP contribution is -2.31. The zero-order valence-electron chi connectivity index (χ0n) is 16.5. The molecule has 0 saturated carbocycles. The van der Waals surface area contributed by atoms with Crippen LogP contribution in [0.25, 0.3) is 0 Å². The van der Waals surface area contributed by atoms with Gasteiger partial charge in [-0.3, -0.25) is 15.0 Å². The van der Waals surface area contributed by atoms with Crippen LogP contribution in [-0.4, -0.2) is 29.5 Å². The van der Waals surface area contributed by atoms with E-state index in [0.717, 1.165) is 31.6 Å². The monoisotopic (exact) mass is 389 g/mol. The molecule has 3 aromatic rings. The summed E-state index contributed by atoms with van der Waals surface area (Å²) in [7, 11) is 0. The summed E-state index contributed by atoms with van der Waals surface area (Å²) in [4.78, 5) is 12.9. The molecule has 0 aromatic heterocycles. The molecule has 3 aromatic carbocycles. The molecule has 29 heavy (non-hydrogen) atoms. The molecule has 3 rings (SSSR count). The number of hydrogen-bond donors (Lipinski definition) is 1. The molecule has 0 saturated heterocycles. The van der Waals surface area contributed by atoms with E-state index in [1.54, 1.807) is 12.1 Å². The molecule has 0 atom stereocenters. The van der Waals surface area contributed by atoms with Crippen molar-refractivity contribution in [2.45, 2.75) is 18.9 Å². The topological polar surface area (TPSA) is 72.4 Å². The predicted octanol–water partition coefficient (Wildman–Crippen LogP) is 4.58. The lowest BCUT2D eigenvalue weighted by molar-refractivity contribution is -0.384. The number of non-ortho nitro benzene ring substituents is 1. The van der Waals surface area contributed by atoms with E-state index in [1.165, 1.54) is 11.1 Å². The van der Waals surface area contributed by atoms with Crippen LogP contribution in [0.5, 0.6) is 0 Å². The lowest BCUT2D eigenvalue weighted by atomic mass is 9.90. The van der Waals surface area contributed by atoms with E-state index in [-0.39, 0.29) is 16.5 Å². The Morgan fingerprint density at radius 2 is 1.41 bits per heavy atom. The summed E-state index contributed by atoms with van der Waals surface area (Å²) in [6.45, 7) is 3.10. The smallest absolute Gasteiger partial charge is 0.269 e. The van der Waals surface area contributed by atoms with E-state index >= 15 is 0 Å². The van der Waals surface area contributed by atoms with Gasteiger partial charge in [0, 0.05) is 31.1 Å². The molecule has 5 heteroatoms. The summed E-state index contributed by atoms with van der Waals surface area (Å²) < 4.78 is 0. The zero-order chi connectivity index (χ0) is 20.5. The highest BCUT2D eigenvalue weighted by Gasteiger charge is 2.18. The lowest BCUT2D eigenvalue weighted by Gasteiger charge is -2.28. The summed E-state index contributed by atoms with van der Waals surface area (Å²) in [6, 6.07) is 27.9. The van der Waals surface area contributed by atoms with Gasteiger partial charge in [-0.15, -0.1) is 0 Å². The second-order valence-electron chi connectivity index (χ2n) is 7.17. The first-order chi connectivity index (χ1) is 14.2. The highest BCUT2D eigenvalue weighted by Crippen LogP contribution is 2.26. The maximum atomic E-state index is 10.9. The molecule has 0 fully saturated rings. The van der Waals surface area contributed by atoms with Crippen LogP contribution in [0.15, 0.2) is 84.9 Å². The first-order valence-corrected chi connectivity index (χ1v) is 9.93. The van der Waals surface area contributed by atoms with Crippen molar-refractivity contribution in [3.05, 3.63) is 112 Å². The van der Waals surface area contributed by atoms with Gasteiger partial charge in [-0.05, 0) is 36.2 Å². The molecule has 5 nitrogen and oxygen atoms in total. The van der Waals surface area contributed by atoms with E-state index in [9.17, 15) is 10.1 Å².